The van der Waals surface area contributed by atoms with E-state index in [1.165, 1.54) is 0 Å². The maximum Gasteiger partial charge on any atom is 0.399 e. The first-order valence-electron chi connectivity index (χ1n) is 2.95. The average molecular weight is 150 g/mol. The first kappa shape index (κ1) is 8.72. The molecule has 0 spiro atoms. The third-order valence-corrected chi connectivity index (χ3v) is 8.55. The normalized spacial score (nSPS) is 13.4. The van der Waals surface area contributed by atoms with Crippen molar-refractivity contribution in [2.75, 3.05) is 0 Å². The van der Waals surface area contributed by atoms with Crippen LogP contribution >= 0.6 is 6.67 Å². The molecule has 0 heterocycles. The van der Waals surface area contributed by atoms with E-state index in [1.54, 1.807) is 0 Å². The summed E-state index contributed by atoms with van der Waals surface area (Å²) in [4.78, 5) is 8.62. The molecule has 0 rings (SSSR count). The van der Waals surface area contributed by atoms with Crippen LogP contribution < -0.4 is 0 Å². The largest absolute Gasteiger partial charge is 0.399 e. The first-order chi connectivity index (χ1) is 3.72. The van der Waals surface area contributed by atoms with Gasteiger partial charge in [-0.2, -0.15) is 0 Å². The smallest absolute Gasteiger partial charge is 0.359 e. The predicted octanol–water partition coefficient (Wildman–Crippen LogP) is 1.48. The SMILES string of the molecule is C[CH2][Al]([CH2]C)[PH](=O)O. The molecule has 0 saturated carbocycles. The highest BCUT2D eigenvalue weighted by Crippen LogP contribution is 2.24. The van der Waals surface area contributed by atoms with E-state index in [2.05, 4.69) is 0 Å². The van der Waals surface area contributed by atoms with Crippen molar-refractivity contribution < 1.29 is 9.46 Å². The van der Waals surface area contributed by atoms with Crippen molar-refractivity contribution in [3.8, 4) is 0 Å². The van der Waals surface area contributed by atoms with Crippen molar-refractivity contribution in [2.24, 2.45) is 0 Å². The second kappa shape index (κ2) is 4.59. The Morgan fingerprint density at radius 1 is 1.50 bits per heavy atom. The Balaban J connectivity index is 3.52. The van der Waals surface area contributed by atoms with Gasteiger partial charge in [-0.3, -0.25) is 0 Å². The summed E-state index contributed by atoms with van der Waals surface area (Å²) in [6, 6.07) is 0. The van der Waals surface area contributed by atoms with Gasteiger partial charge in [0.25, 0.3) is 0 Å². The maximum atomic E-state index is 10.4. The fourth-order valence-corrected chi connectivity index (χ4v) is 4.01. The molecule has 0 bridgehead atoms. The van der Waals surface area contributed by atoms with Crippen LogP contribution in [0.1, 0.15) is 13.8 Å². The molecule has 0 radical (unpaired) electrons. The van der Waals surface area contributed by atoms with E-state index in [-0.39, 0.29) is 0 Å². The molecule has 0 amide bonds. The van der Waals surface area contributed by atoms with E-state index in [1.807, 2.05) is 13.8 Å². The van der Waals surface area contributed by atoms with Crippen LogP contribution in [0.15, 0.2) is 0 Å². The van der Waals surface area contributed by atoms with Crippen molar-refractivity contribution >= 4 is 20.4 Å². The molecule has 0 saturated heterocycles. The van der Waals surface area contributed by atoms with Crippen molar-refractivity contribution in [3.63, 3.8) is 0 Å². The van der Waals surface area contributed by atoms with Gasteiger partial charge in [-0.25, -0.2) is 0 Å². The standard InChI is InChI=1S/2C2H5.Al.HO2P/c2*1-2;;1-3-2/h2*1H2,2H3;;3H/q;;-1;/p+1. The Kier molecular flexibility index (Phi) is 5.00. The lowest BCUT2D eigenvalue weighted by Crippen LogP contribution is -2.01. The lowest BCUT2D eigenvalue weighted by Gasteiger charge is -1.96. The molecule has 4 heteroatoms. The van der Waals surface area contributed by atoms with Crippen LogP contribution in [-0.4, -0.2) is 18.6 Å². The highest BCUT2D eigenvalue weighted by molar-refractivity contribution is 7.76. The van der Waals surface area contributed by atoms with Gasteiger partial charge in [-0.15, -0.1) is 0 Å². The second-order valence-corrected chi connectivity index (χ2v) is 9.49. The van der Waals surface area contributed by atoms with Gasteiger partial charge in [0.2, 0.25) is 0 Å². The van der Waals surface area contributed by atoms with Crippen LogP contribution in [0.4, 0.5) is 0 Å². The Morgan fingerprint density at radius 3 is 1.88 bits per heavy atom. The minimum Gasteiger partial charge on any atom is -0.359 e. The van der Waals surface area contributed by atoms with E-state index in [0.29, 0.717) is 0 Å². The van der Waals surface area contributed by atoms with Crippen LogP contribution in [-0.2, 0) is 4.57 Å². The van der Waals surface area contributed by atoms with Gasteiger partial charge in [-0.1, -0.05) is 24.4 Å². The fourth-order valence-electron chi connectivity index (χ4n) is 0.638. The first-order valence-corrected chi connectivity index (χ1v) is 7.74. The molecule has 0 aliphatic rings. The van der Waals surface area contributed by atoms with Gasteiger partial charge in [0.1, 0.15) is 6.67 Å². The van der Waals surface area contributed by atoms with Gasteiger partial charge >= 0.3 is 13.7 Å². The van der Waals surface area contributed by atoms with Gasteiger partial charge in [0, 0.05) is 0 Å². The van der Waals surface area contributed by atoms with E-state index in [9.17, 15) is 4.57 Å². The Bertz CT molecular complexity index is 82.1. The molecule has 0 aromatic rings. The summed E-state index contributed by atoms with van der Waals surface area (Å²) in [5.74, 6) is 0. The van der Waals surface area contributed by atoms with Gasteiger partial charge in [-0.05, 0) is 0 Å². The molecule has 8 heavy (non-hydrogen) atoms. The zero-order valence-electron chi connectivity index (χ0n) is 5.35. The summed E-state index contributed by atoms with van der Waals surface area (Å²) in [5, 5.41) is 1.93. The van der Waals surface area contributed by atoms with Crippen LogP contribution in [0.2, 0.25) is 10.6 Å². The monoisotopic (exact) mass is 150 g/mol. The average Bonchev–Trinajstić information content (AvgIpc) is 1.69. The van der Waals surface area contributed by atoms with Gasteiger partial charge < -0.3 is 9.46 Å². The Hall–Kier alpha value is 0.722. The fraction of sp³-hybridized carbons (Fsp3) is 1.00. The Labute approximate surface area is 54.8 Å². The molecule has 0 fully saturated rings. The van der Waals surface area contributed by atoms with Crippen molar-refractivity contribution in [1.29, 1.82) is 0 Å². The summed E-state index contributed by atoms with van der Waals surface area (Å²) in [5.41, 5.74) is 0. The molecule has 1 atom stereocenters. The van der Waals surface area contributed by atoms with Gasteiger partial charge in [0.05, 0.1) is 0 Å². The highest BCUT2D eigenvalue weighted by atomic mass is 31.3. The van der Waals surface area contributed by atoms with Crippen molar-refractivity contribution in [2.45, 2.75) is 24.4 Å². The quantitative estimate of drug-likeness (QED) is 0.488. The third-order valence-electron chi connectivity index (χ3n) is 1.33. The summed E-state index contributed by atoms with van der Waals surface area (Å²) in [6.45, 7) is 1.91. The molecule has 1 unspecified atom stereocenters. The summed E-state index contributed by atoms with van der Waals surface area (Å²) in [7, 11) is 0. The molecule has 48 valence electrons. The van der Waals surface area contributed by atoms with E-state index in [4.69, 9.17) is 4.89 Å². The van der Waals surface area contributed by atoms with Crippen LogP contribution in [0.25, 0.3) is 0 Å². The predicted molar refractivity (Wildman–Crippen MR) is 37.9 cm³/mol. The minimum absolute atomic E-state index is 0.963. The zero-order chi connectivity index (χ0) is 6.57. The lowest BCUT2D eigenvalue weighted by molar-refractivity contribution is 0.516. The number of rotatable bonds is 3. The number of hydrogen-bond donors (Lipinski definition) is 1. The van der Waals surface area contributed by atoms with E-state index in [0.717, 1.165) is 10.6 Å². The van der Waals surface area contributed by atoms with Crippen LogP contribution in [0.3, 0.4) is 0 Å². The van der Waals surface area contributed by atoms with Crippen LogP contribution in [0.5, 0.6) is 0 Å². The number of hydrogen-bond acceptors (Lipinski definition) is 1. The van der Waals surface area contributed by atoms with Crippen molar-refractivity contribution in [1.82, 2.24) is 0 Å². The lowest BCUT2D eigenvalue weighted by atomic mass is 10.9. The van der Waals surface area contributed by atoms with Crippen LogP contribution in [0, 0.1) is 0 Å². The molecular weight excluding hydrogens is 138 g/mol. The molecule has 0 aromatic heterocycles. The minimum atomic E-state index is -2.09. The summed E-state index contributed by atoms with van der Waals surface area (Å²) < 4.78 is 10.4. The molecular formula is C4H12AlO2P. The van der Waals surface area contributed by atoms with E-state index >= 15 is 0 Å². The summed E-state index contributed by atoms with van der Waals surface area (Å²) in [6.07, 6.45) is 0. The van der Waals surface area contributed by atoms with E-state index < -0.39 is 20.4 Å². The molecule has 0 aromatic carbocycles. The summed E-state index contributed by atoms with van der Waals surface area (Å²) >= 11 is -1.16. The topological polar surface area (TPSA) is 37.3 Å². The Morgan fingerprint density at radius 2 is 1.88 bits per heavy atom. The maximum absolute atomic E-state index is 10.4. The molecule has 2 nitrogen and oxygen atoms in total. The molecule has 0 aliphatic heterocycles. The zero-order valence-corrected chi connectivity index (χ0v) is 7.50. The molecule has 0 aliphatic carbocycles. The third kappa shape index (κ3) is 2.89. The highest BCUT2D eigenvalue weighted by Gasteiger charge is 2.18. The van der Waals surface area contributed by atoms with Crippen molar-refractivity contribution in [3.05, 3.63) is 0 Å². The van der Waals surface area contributed by atoms with Gasteiger partial charge in [0.15, 0.2) is 0 Å². The second-order valence-electron chi connectivity index (χ2n) is 1.85. The molecule has 1 N–H and O–H groups in total.